The zero-order valence-corrected chi connectivity index (χ0v) is 17.1. The van der Waals surface area contributed by atoms with Crippen molar-refractivity contribution in [2.45, 2.75) is 19.1 Å². The molecule has 0 amide bonds. The fourth-order valence-corrected chi connectivity index (χ4v) is 5.89. The van der Waals surface area contributed by atoms with E-state index < -0.39 is 7.92 Å². The van der Waals surface area contributed by atoms with Gasteiger partial charge in [0.2, 0.25) is 5.90 Å². The second-order valence-electron chi connectivity index (χ2n) is 6.80. The molecule has 0 spiro atoms. The largest absolute Gasteiger partial charge is 0.472 e. The van der Waals surface area contributed by atoms with Crippen LogP contribution in [-0.4, -0.2) is 31.8 Å². The standard InChI is InChI=1S/C24H24NO2P/c1-18-22(17-26-2)25-24(27-18)21-15-9-10-16-23(21)28(19-11-5-3-6-12-19)20-13-7-4-8-14-20/h3-16,18,22H,17H2,1-2H3/t18-,22-/m1/s1. The van der Waals surface area contributed by atoms with Gasteiger partial charge in [0.15, 0.2) is 0 Å². The monoisotopic (exact) mass is 389 g/mol. The summed E-state index contributed by atoms with van der Waals surface area (Å²) >= 11 is 0. The topological polar surface area (TPSA) is 30.8 Å². The van der Waals surface area contributed by atoms with Crippen LogP contribution in [0.2, 0.25) is 0 Å². The summed E-state index contributed by atoms with van der Waals surface area (Å²) in [5.74, 6) is 0.726. The molecule has 3 nitrogen and oxygen atoms in total. The van der Waals surface area contributed by atoms with E-state index in [0.29, 0.717) is 6.61 Å². The molecule has 0 aliphatic carbocycles. The molecule has 0 bridgehead atoms. The maximum Gasteiger partial charge on any atom is 0.217 e. The summed E-state index contributed by atoms with van der Waals surface area (Å²) in [5.41, 5.74) is 1.08. The van der Waals surface area contributed by atoms with E-state index in [1.165, 1.54) is 15.9 Å². The summed E-state index contributed by atoms with van der Waals surface area (Å²) in [6, 6.07) is 29.9. The van der Waals surface area contributed by atoms with Crippen LogP contribution < -0.4 is 15.9 Å². The van der Waals surface area contributed by atoms with Crippen LogP contribution in [-0.2, 0) is 9.47 Å². The number of rotatable bonds is 6. The molecule has 1 aliphatic heterocycles. The Labute approximate surface area is 167 Å². The molecule has 4 heteroatoms. The van der Waals surface area contributed by atoms with E-state index in [1.807, 2.05) is 0 Å². The van der Waals surface area contributed by atoms with E-state index in [0.717, 1.165) is 11.5 Å². The first-order valence-electron chi connectivity index (χ1n) is 9.51. The Balaban J connectivity index is 1.82. The maximum absolute atomic E-state index is 6.16. The minimum Gasteiger partial charge on any atom is -0.472 e. The minimum atomic E-state index is -0.711. The van der Waals surface area contributed by atoms with Crippen molar-refractivity contribution in [2.75, 3.05) is 13.7 Å². The molecule has 3 aromatic carbocycles. The third kappa shape index (κ3) is 3.87. The highest BCUT2D eigenvalue weighted by Gasteiger charge is 2.30. The SMILES string of the molecule is COC[C@H]1N=C(c2ccccc2P(c2ccccc2)c2ccccc2)O[C@@H]1C. The molecule has 0 saturated heterocycles. The first-order chi connectivity index (χ1) is 13.8. The molecule has 4 rings (SSSR count). The second kappa shape index (κ2) is 8.68. The van der Waals surface area contributed by atoms with Gasteiger partial charge in [-0.15, -0.1) is 0 Å². The number of ether oxygens (including phenoxy) is 2. The summed E-state index contributed by atoms with van der Waals surface area (Å²) in [6.45, 7) is 2.62. The predicted molar refractivity (Wildman–Crippen MR) is 118 cm³/mol. The van der Waals surface area contributed by atoms with Crippen molar-refractivity contribution in [1.82, 2.24) is 0 Å². The fraction of sp³-hybridized carbons (Fsp3) is 0.208. The lowest BCUT2D eigenvalue weighted by Crippen LogP contribution is -2.26. The van der Waals surface area contributed by atoms with Crippen LogP contribution in [0.3, 0.4) is 0 Å². The molecular weight excluding hydrogens is 365 g/mol. The van der Waals surface area contributed by atoms with Crippen molar-refractivity contribution < 1.29 is 9.47 Å². The van der Waals surface area contributed by atoms with E-state index in [-0.39, 0.29) is 12.1 Å². The van der Waals surface area contributed by atoms with Crippen molar-refractivity contribution in [3.8, 4) is 0 Å². The van der Waals surface area contributed by atoms with Crippen molar-refractivity contribution in [3.05, 3.63) is 90.5 Å². The van der Waals surface area contributed by atoms with Gasteiger partial charge in [0.05, 0.1) is 6.61 Å². The predicted octanol–water partition coefficient (Wildman–Crippen LogP) is 3.63. The molecule has 0 aromatic heterocycles. The fourth-order valence-electron chi connectivity index (χ4n) is 3.45. The first-order valence-corrected chi connectivity index (χ1v) is 10.8. The number of aliphatic imine (C=N–C) groups is 1. The third-order valence-corrected chi connectivity index (χ3v) is 7.36. The molecule has 1 heterocycles. The summed E-state index contributed by atoms with van der Waals surface area (Å²) in [5, 5.41) is 3.89. The number of hydrogen-bond acceptors (Lipinski definition) is 3. The maximum atomic E-state index is 6.16. The molecule has 2 atom stereocenters. The van der Waals surface area contributed by atoms with Gasteiger partial charge in [-0.1, -0.05) is 78.9 Å². The van der Waals surface area contributed by atoms with E-state index in [4.69, 9.17) is 14.5 Å². The van der Waals surface area contributed by atoms with Crippen molar-refractivity contribution >= 4 is 29.7 Å². The van der Waals surface area contributed by atoms with Crippen LogP contribution in [0.4, 0.5) is 0 Å². The second-order valence-corrected chi connectivity index (χ2v) is 8.99. The Morgan fingerprint density at radius 3 is 2.04 bits per heavy atom. The molecule has 142 valence electrons. The molecule has 0 N–H and O–H groups in total. The lowest BCUT2D eigenvalue weighted by Gasteiger charge is -2.22. The van der Waals surface area contributed by atoms with E-state index >= 15 is 0 Å². The van der Waals surface area contributed by atoms with Crippen molar-refractivity contribution in [3.63, 3.8) is 0 Å². The quantitative estimate of drug-likeness (QED) is 0.603. The molecule has 0 radical (unpaired) electrons. The van der Waals surface area contributed by atoms with E-state index in [9.17, 15) is 0 Å². The molecular formula is C24H24NO2P. The van der Waals surface area contributed by atoms with Crippen molar-refractivity contribution in [2.24, 2.45) is 4.99 Å². The Morgan fingerprint density at radius 1 is 0.857 bits per heavy atom. The molecule has 28 heavy (non-hydrogen) atoms. The Morgan fingerprint density at radius 2 is 1.43 bits per heavy atom. The summed E-state index contributed by atoms with van der Waals surface area (Å²) < 4.78 is 11.5. The summed E-state index contributed by atoms with van der Waals surface area (Å²) in [6.07, 6.45) is 0.0164. The number of methoxy groups -OCH3 is 1. The van der Waals surface area contributed by atoms with Gasteiger partial charge in [0.1, 0.15) is 12.1 Å². The van der Waals surface area contributed by atoms with Gasteiger partial charge >= 0.3 is 0 Å². The zero-order chi connectivity index (χ0) is 19.3. The number of benzene rings is 3. The van der Waals surface area contributed by atoms with Gasteiger partial charge in [-0.25, -0.2) is 4.99 Å². The van der Waals surface area contributed by atoms with Crippen LogP contribution in [0.15, 0.2) is 89.9 Å². The van der Waals surface area contributed by atoms with Crippen molar-refractivity contribution in [1.29, 1.82) is 0 Å². The smallest absolute Gasteiger partial charge is 0.217 e. The number of hydrogen-bond donors (Lipinski definition) is 0. The van der Waals surface area contributed by atoms with Gasteiger partial charge in [0.25, 0.3) is 0 Å². The normalized spacial score (nSPS) is 18.8. The Hall–Kier alpha value is -2.48. The Kier molecular flexibility index (Phi) is 5.85. The van der Waals surface area contributed by atoms with Crippen LogP contribution in [0.5, 0.6) is 0 Å². The lowest BCUT2D eigenvalue weighted by atomic mass is 10.2. The summed E-state index contributed by atoms with van der Waals surface area (Å²) in [4.78, 5) is 4.84. The average molecular weight is 389 g/mol. The van der Waals surface area contributed by atoms with E-state index in [2.05, 4.69) is 91.9 Å². The highest BCUT2D eigenvalue weighted by Crippen LogP contribution is 2.35. The summed E-state index contributed by atoms with van der Waals surface area (Å²) in [7, 11) is 0.995. The average Bonchev–Trinajstić information content (AvgIpc) is 3.11. The molecule has 0 saturated carbocycles. The zero-order valence-electron chi connectivity index (χ0n) is 16.2. The highest BCUT2D eigenvalue weighted by atomic mass is 31.1. The van der Waals surface area contributed by atoms with Gasteiger partial charge in [0, 0.05) is 12.7 Å². The van der Waals surface area contributed by atoms with Gasteiger partial charge in [-0.05, 0) is 36.8 Å². The van der Waals surface area contributed by atoms with Crippen LogP contribution in [0.25, 0.3) is 0 Å². The highest BCUT2D eigenvalue weighted by molar-refractivity contribution is 7.80. The van der Waals surface area contributed by atoms with Crippen LogP contribution in [0, 0.1) is 0 Å². The first kappa shape index (κ1) is 18.9. The molecule has 3 aromatic rings. The lowest BCUT2D eigenvalue weighted by molar-refractivity contribution is 0.129. The molecule has 0 fully saturated rings. The third-order valence-electron chi connectivity index (χ3n) is 4.86. The van der Waals surface area contributed by atoms with Gasteiger partial charge in [-0.3, -0.25) is 0 Å². The van der Waals surface area contributed by atoms with Crippen LogP contribution in [0.1, 0.15) is 12.5 Å². The Bertz CT molecular complexity index is 904. The van der Waals surface area contributed by atoms with E-state index in [1.54, 1.807) is 7.11 Å². The van der Waals surface area contributed by atoms with Gasteiger partial charge < -0.3 is 9.47 Å². The minimum absolute atomic E-state index is 0.0164. The molecule has 1 aliphatic rings. The van der Waals surface area contributed by atoms with Gasteiger partial charge in [-0.2, -0.15) is 0 Å². The van der Waals surface area contributed by atoms with Crippen LogP contribution >= 0.6 is 7.92 Å². The molecule has 0 unspecified atom stereocenters. The number of nitrogens with zero attached hydrogens (tertiary/aromatic N) is 1.